The summed E-state index contributed by atoms with van der Waals surface area (Å²) in [7, 11) is -3.46. The fourth-order valence-corrected chi connectivity index (χ4v) is 14.5. The van der Waals surface area contributed by atoms with Gasteiger partial charge in [0.25, 0.3) is 0 Å². The lowest BCUT2D eigenvalue weighted by atomic mass is 9.62. The lowest BCUT2D eigenvalue weighted by Gasteiger charge is -2.47. The molecule has 0 saturated heterocycles. The summed E-state index contributed by atoms with van der Waals surface area (Å²) in [6.45, 7) is 0. The molecule has 11 aromatic rings. The van der Waals surface area contributed by atoms with Crippen LogP contribution < -0.4 is 21.2 Å². The zero-order valence-electron chi connectivity index (χ0n) is 35.6. The number of nitrogens with one attached hydrogen (secondary N) is 1. The molecule has 310 valence electrons. The van der Waals surface area contributed by atoms with Gasteiger partial charge in [-0.3, -0.25) is 0 Å². The Bertz CT molecular complexity index is 3880. The number of hydrogen-bond donors (Lipinski definition) is 1. The maximum absolute atomic E-state index is 16.8. The zero-order chi connectivity index (χ0) is 43.6. The second-order valence-electron chi connectivity index (χ2n) is 17.6. The van der Waals surface area contributed by atoms with Crippen LogP contribution in [0.4, 0.5) is 0 Å². The summed E-state index contributed by atoms with van der Waals surface area (Å²) >= 11 is 0. The Kier molecular flexibility index (Phi) is 7.88. The second-order valence-corrected chi connectivity index (χ2v) is 20.3. The first-order valence-corrected chi connectivity index (χ1v) is 24.2. The highest BCUT2D eigenvalue weighted by atomic mass is 31.2. The van der Waals surface area contributed by atoms with Gasteiger partial charge in [0.2, 0.25) is 0 Å². The van der Waals surface area contributed by atoms with Gasteiger partial charge in [0.05, 0.1) is 22.1 Å². The first-order valence-electron chi connectivity index (χ1n) is 22.5. The Labute approximate surface area is 381 Å². The molecular formula is C60H39N4OP. The Morgan fingerprint density at radius 3 is 1.77 bits per heavy atom. The van der Waals surface area contributed by atoms with Gasteiger partial charge in [-0.25, -0.2) is 9.98 Å². The molecule has 0 amide bonds. The van der Waals surface area contributed by atoms with Gasteiger partial charge in [-0.15, -0.1) is 0 Å². The highest BCUT2D eigenvalue weighted by Gasteiger charge is 2.54. The molecule has 10 aromatic carbocycles. The summed E-state index contributed by atoms with van der Waals surface area (Å²) in [4.78, 5) is 11.0. The summed E-state index contributed by atoms with van der Waals surface area (Å²) in [5.74, 6) is 1.49. The monoisotopic (exact) mass is 862 g/mol. The van der Waals surface area contributed by atoms with E-state index in [-0.39, 0.29) is 0 Å². The van der Waals surface area contributed by atoms with Crippen molar-refractivity contribution in [3.05, 3.63) is 263 Å². The van der Waals surface area contributed by atoms with Gasteiger partial charge in [0, 0.05) is 37.8 Å². The van der Waals surface area contributed by atoms with Crippen molar-refractivity contribution >= 4 is 78.1 Å². The molecule has 1 aromatic heterocycles. The Morgan fingerprint density at radius 1 is 0.455 bits per heavy atom. The van der Waals surface area contributed by atoms with Crippen molar-refractivity contribution in [3.63, 3.8) is 0 Å². The molecule has 5 nitrogen and oxygen atoms in total. The topological polar surface area (TPSA) is 58.8 Å². The Balaban J connectivity index is 1.08. The summed E-state index contributed by atoms with van der Waals surface area (Å²) in [6, 6.07) is 79.3. The summed E-state index contributed by atoms with van der Waals surface area (Å²) in [5, 5.41) is 13.2. The average molecular weight is 863 g/mol. The summed E-state index contributed by atoms with van der Waals surface area (Å²) < 4.78 is 19.2. The third kappa shape index (κ3) is 5.09. The molecule has 66 heavy (non-hydrogen) atoms. The highest BCUT2D eigenvalue weighted by Crippen LogP contribution is 2.61. The SMILES string of the molecule is O=P1(c2ccccc2)c2ccccc2C2(c3ccccc3-n3c4ccccc4c4cccc2c43)c2cc(C3N=C(c4ccc5ccccc5c4)NC(c4ccc5ccccc5c4)=N3)ccc21. The smallest absolute Gasteiger partial charge is 0.171 e. The van der Waals surface area contributed by atoms with E-state index in [9.17, 15) is 0 Å². The number of nitrogens with zero attached hydrogens (tertiary/aromatic N) is 3. The van der Waals surface area contributed by atoms with E-state index in [2.05, 4.69) is 204 Å². The molecule has 2 unspecified atom stereocenters. The van der Waals surface area contributed by atoms with Crippen LogP contribution >= 0.6 is 7.14 Å². The number of benzene rings is 10. The van der Waals surface area contributed by atoms with Gasteiger partial charge in [-0.2, -0.15) is 0 Å². The minimum Gasteiger partial charge on any atom is -0.324 e. The first kappa shape index (κ1) is 37.3. The van der Waals surface area contributed by atoms with Gasteiger partial charge in [0.1, 0.15) is 11.7 Å². The molecule has 4 heterocycles. The molecule has 0 saturated carbocycles. The van der Waals surface area contributed by atoms with Gasteiger partial charge >= 0.3 is 0 Å². The van der Waals surface area contributed by atoms with E-state index in [0.29, 0.717) is 0 Å². The van der Waals surface area contributed by atoms with Crippen LogP contribution in [0.2, 0.25) is 0 Å². The van der Waals surface area contributed by atoms with Crippen LogP contribution in [0.3, 0.4) is 0 Å². The Hall–Kier alpha value is -8.11. The average Bonchev–Trinajstić information content (AvgIpc) is 3.73. The molecule has 2 atom stereocenters. The van der Waals surface area contributed by atoms with Crippen LogP contribution in [0.1, 0.15) is 45.1 Å². The summed E-state index contributed by atoms with van der Waals surface area (Å²) in [5.41, 5.74) is 9.78. The number of hydrogen-bond acceptors (Lipinski definition) is 4. The maximum atomic E-state index is 16.8. The van der Waals surface area contributed by atoms with Crippen LogP contribution in [-0.4, -0.2) is 16.2 Å². The largest absolute Gasteiger partial charge is 0.324 e. The lowest BCUT2D eigenvalue weighted by molar-refractivity contribution is 0.590. The molecule has 3 aliphatic heterocycles. The van der Waals surface area contributed by atoms with Crippen LogP contribution in [0.5, 0.6) is 0 Å². The lowest BCUT2D eigenvalue weighted by Crippen LogP contribution is -2.48. The number of amidine groups is 2. The van der Waals surface area contributed by atoms with E-state index in [4.69, 9.17) is 9.98 Å². The molecule has 0 bridgehead atoms. The number of para-hydroxylation sites is 3. The van der Waals surface area contributed by atoms with E-state index in [1.807, 2.05) is 30.3 Å². The van der Waals surface area contributed by atoms with E-state index >= 15 is 4.57 Å². The van der Waals surface area contributed by atoms with Crippen molar-refractivity contribution in [2.24, 2.45) is 9.98 Å². The van der Waals surface area contributed by atoms with Gasteiger partial charge in [-0.1, -0.05) is 194 Å². The fraction of sp³-hybridized carbons (Fsp3) is 0.0333. The molecule has 0 radical (unpaired) electrons. The maximum Gasteiger partial charge on any atom is 0.171 e. The van der Waals surface area contributed by atoms with E-state index in [1.165, 1.54) is 21.5 Å². The highest BCUT2D eigenvalue weighted by molar-refractivity contribution is 7.85. The van der Waals surface area contributed by atoms with Gasteiger partial charge in [0.15, 0.2) is 13.3 Å². The molecule has 3 aliphatic rings. The molecular weight excluding hydrogens is 824 g/mol. The molecule has 1 N–H and O–H groups in total. The van der Waals surface area contributed by atoms with Crippen molar-refractivity contribution in [2.45, 2.75) is 11.6 Å². The van der Waals surface area contributed by atoms with Crippen molar-refractivity contribution in [1.29, 1.82) is 0 Å². The van der Waals surface area contributed by atoms with Gasteiger partial charge in [-0.05, 0) is 79.7 Å². The summed E-state index contributed by atoms with van der Waals surface area (Å²) in [6.07, 6.45) is -0.620. The standard InChI is InChI=1S/C60H39N4OP/c65-66(45-19-2-1-3-20-45)54-28-13-10-24-49(54)60(48-23-9-12-27-53(48)64-52-26-11-8-21-46(52)47-22-14-25-50(60)56(47)64)51-37-44(33-34-55(51)66)59-62-57(42-31-29-38-15-4-6-17-40(38)35-42)61-58(63-59)43-32-30-39-16-5-7-18-41(39)36-43/h1-37,59H,(H,61,62,63). The number of aliphatic imine (C=N–C) groups is 2. The van der Waals surface area contributed by atoms with Crippen molar-refractivity contribution in [1.82, 2.24) is 9.88 Å². The third-order valence-corrected chi connectivity index (χ3v) is 17.4. The van der Waals surface area contributed by atoms with Gasteiger partial charge < -0.3 is 14.4 Å². The number of aromatic nitrogens is 1. The molecule has 6 heteroatoms. The fourth-order valence-electron chi connectivity index (χ4n) is 11.4. The normalized spacial score (nSPS) is 18.4. The van der Waals surface area contributed by atoms with Crippen LogP contribution in [0.25, 0.3) is 49.0 Å². The first-order chi connectivity index (χ1) is 32.6. The second kappa shape index (κ2) is 13.9. The van der Waals surface area contributed by atoms with E-state index < -0.39 is 18.7 Å². The third-order valence-electron chi connectivity index (χ3n) is 14.3. The quantitative estimate of drug-likeness (QED) is 0.179. The van der Waals surface area contributed by atoms with Crippen LogP contribution in [0.15, 0.2) is 234 Å². The number of fused-ring (bicyclic) bond motifs is 13. The van der Waals surface area contributed by atoms with Crippen LogP contribution in [0, 0.1) is 0 Å². The molecule has 0 aliphatic carbocycles. The van der Waals surface area contributed by atoms with Crippen LogP contribution in [-0.2, 0) is 9.98 Å². The van der Waals surface area contributed by atoms with E-state index in [0.717, 1.165) is 94.0 Å². The van der Waals surface area contributed by atoms with Crippen molar-refractivity contribution < 1.29 is 4.57 Å². The number of rotatable bonds is 4. The van der Waals surface area contributed by atoms with E-state index in [1.54, 1.807) is 0 Å². The Morgan fingerprint density at radius 2 is 1.03 bits per heavy atom. The zero-order valence-corrected chi connectivity index (χ0v) is 36.5. The van der Waals surface area contributed by atoms with Crippen molar-refractivity contribution in [2.75, 3.05) is 0 Å². The minimum atomic E-state index is -3.46. The minimum absolute atomic E-state index is 0.620. The molecule has 14 rings (SSSR count). The van der Waals surface area contributed by atoms with Crippen molar-refractivity contribution in [3.8, 4) is 5.69 Å². The predicted molar refractivity (Wildman–Crippen MR) is 272 cm³/mol. The molecule has 1 spiro atoms. The molecule has 0 fully saturated rings. The predicted octanol–water partition coefficient (Wildman–Crippen LogP) is 12.2.